The number of carbonyl (C=O) groups is 2. The van der Waals surface area contributed by atoms with Gasteiger partial charge in [0.1, 0.15) is 0 Å². The first-order chi connectivity index (χ1) is 17.3. The highest BCUT2D eigenvalue weighted by atomic mass is 16.4. The molecule has 4 rings (SSSR count). The maximum atomic E-state index is 10.2. The third-order valence-corrected chi connectivity index (χ3v) is 10.9. The van der Waals surface area contributed by atoms with Gasteiger partial charge in [-0.05, 0) is 97.7 Å². The molecule has 0 radical (unpaired) electrons. The fourth-order valence-corrected chi connectivity index (χ4v) is 8.92. The van der Waals surface area contributed by atoms with Crippen LogP contribution in [0.1, 0.15) is 112 Å². The summed E-state index contributed by atoms with van der Waals surface area (Å²) >= 11 is 0. The number of hydrogen-bond donors (Lipinski definition) is 3. The fraction of sp³-hybridized carbons (Fsp3) is 0.812. The minimum absolute atomic E-state index is 0.0766. The standard InChI is InChI=1S/C27H46O.C5H6O4/c1-18(2)7-6-8-19(3)23-11-12-24-22-10-9-20-17-21(28)13-15-26(20,4)25(22)14-16-27(23,24)5;1-3(5(8)9)2-4(6)7/h9,18-19,21-25,28H,6-8,10-17H2,1-5H3;1-2H2,(H,6,7)(H,8,9)/t19?,21-,22-,23+,24-,25-,26-,27+;/m0./s1. The van der Waals surface area contributed by atoms with Crippen LogP contribution in [0.5, 0.6) is 0 Å². The zero-order valence-electron chi connectivity index (χ0n) is 24.0. The van der Waals surface area contributed by atoms with Crippen LogP contribution in [-0.2, 0) is 9.59 Å². The van der Waals surface area contributed by atoms with Crippen molar-refractivity contribution in [1.29, 1.82) is 0 Å². The van der Waals surface area contributed by atoms with Crippen molar-refractivity contribution in [3.63, 3.8) is 0 Å². The molecular weight excluding hydrogens is 464 g/mol. The number of allylic oxidation sites excluding steroid dienone is 1. The van der Waals surface area contributed by atoms with Crippen LogP contribution in [0.3, 0.4) is 0 Å². The molecule has 8 atom stereocenters. The Bertz CT molecular complexity index is 874. The van der Waals surface area contributed by atoms with E-state index in [1.807, 2.05) is 0 Å². The van der Waals surface area contributed by atoms with Crippen molar-refractivity contribution in [3.05, 3.63) is 23.8 Å². The molecule has 210 valence electrons. The van der Waals surface area contributed by atoms with Gasteiger partial charge < -0.3 is 15.3 Å². The van der Waals surface area contributed by atoms with Crippen molar-refractivity contribution < 1.29 is 24.9 Å². The van der Waals surface area contributed by atoms with E-state index in [9.17, 15) is 14.7 Å². The van der Waals surface area contributed by atoms with Gasteiger partial charge in [-0.3, -0.25) is 4.79 Å². The van der Waals surface area contributed by atoms with Crippen molar-refractivity contribution in [1.82, 2.24) is 0 Å². The predicted octanol–water partition coefficient (Wildman–Crippen LogP) is 7.49. The van der Waals surface area contributed by atoms with Crippen LogP contribution in [0.2, 0.25) is 0 Å². The monoisotopic (exact) mass is 516 g/mol. The van der Waals surface area contributed by atoms with E-state index < -0.39 is 18.4 Å². The molecular formula is C32H52O5. The van der Waals surface area contributed by atoms with Gasteiger partial charge in [0.2, 0.25) is 0 Å². The van der Waals surface area contributed by atoms with Gasteiger partial charge in [-0.1, -0.05) is 72.1 Å². The second kappa shape index (κ2) is 12.1. The van der Waals surface area contributed by atoms with E-state index >= 15 is 0 Å². The molecule has 0 saturated heterocycles. The van der Waals surface area contributed by atoms with Crippen LogP contribution in [-0.4, -0.2) is 33.4 Å². The molecule has 4 aliphatic carbocycles. The number of aliphatic hydroxyl groups is 1. The second-order valence-corrected chi connectivity index (χ2v) is 13.7. The van der Waals surface area contributed by atoms with E-state index in [0.29, 0.717) is 10.8 Å². The smallest absolute Gasteiger partial charge is 0.331 e. The number of fused-ring (bicyclic) bond motifs is 5. The Morgan fingerprint density at radius 1 is 1.03 bits per heavy atom. The lowest BCUT2D eigenvalue weighted by molar-refractivity contribution is -0.139. The molecule has 0 bridgehead atoms. The molecule has 37 heavy (non-hydrogen) atoms. The van der Waals surface area contributed by atoms with Crippen molar-refractivity contribution >= 4 is 11.9 Å². The number of carboxylic acid groups (broad SMARTS) is 2. The molecule has 0 spiro atoms. The zero-order chi connectivity index (χ0) is 27.5. The van der Waals surface area contributed by atoms with Gasteiger partial charge in [-0.25, -0.2) is 4.79 Å². The minimum atomic E-state index is -1.27. The summed E-state index contributed by atoms with van der Waals surface area (Å²) in [6, 6.07) is 0. The molecule has 0 aliphatic heterocycles. The highest BCUT2D eigenvalue weighted by Crippen LogP contribution is 2.67. The summed E-state index contributed by atoms with van der Waals surface area (Å²) < 4.78 is 0. The third kappa shape index (κ3) is 6.52. The average Bonchev–Trinajstić information content (AvgIpc) is 3.16. The Balaban J connectivity index is 0.000000364. The zero-order valence-corrected chi connectivity index (χ0v) is 24.0. The Hall–Kier alpha value is -1.62. The van der Waals surface area contributed by atoms with E-state index in [1.54, 1.807) is 5.57 Å². The maximum absolute atomic E-state index is 10.2. The first-order valence-corrected chi connectivity index (χ1v) is 14.8. The predicted molar refractivity (Wildman–Crippen MR) is 148 cm³/mol. The molecule has 0 heterocycles. The number of aliphatic hydroxyl groups excluding tert-OH is 1. The lowest BCUT2D eigenvalue weighted by Crippen LogP contribution is -2.50. The summed E-state index contributed by atoms with van der Waals surface area (Å²) in [5.41, 5.74) is 2.30. The molecule has 1 unspecified atom stereocenters. The van der Waals surface area contributed by atoms with E-state index in [-0.39, 0.29) is 11.7 Å². The van der Waals surface area contributed by atoms with Crippen LogP contribution >= 0.6 is 0 Å². The topological polar surface area (TPSA) is 94.8 Å². The molecule has 5 heteroatoms. The van der Waals surface area contributed by atoms with Gasteiger partial charge in [0.05, 0.1) is 12.5 Å². The molecule has 5 nitrogen and oxygen atoms in total. The van der Waals surface area contributed by atoms with Gasteiger partial charge in [0.25, 0.3) is 0 Å². The lowest BCUT2D eigenvalue weighted by Gasteiger charge is -2.58. The van der Waals surface area contributed by atoms with Gasteiger partial charge in [-0.2, -0.15) is 0 Å². The minimum Gasteiger partial charge on any atom is -0.481 e. The highest BCUT2D eigenvalue weighted by molar-refractivity contribution is 5.91. The van der Waals surface area contributed by atoms with E-state index in [2.05, 4.69) is 47.3 Å². The molecule has 0 aromatic rings. The maximum Gasteiger partial charge on any atom is 0.331 e. The van der Waals surface area contributed by atoms with E-state index in [0.717, 1.165) is 48.3 Å². The van der Waals surface area contributed by atoms with Crippen LogP contribution in [0.15, 0.2) is 23.8 Å². The first kappa shape index (κ1) is 29.9. The summed E-state index contributed by atoms with van der Waals surface area (Å²) in [4.78, 5) is 19.7. The summed E-state index contributed by atoms with van der Waals surface area (Å²) in [5, 5.41) is 26.3. The third-order valence-electron chi connectivity index (χ3n) is 10.9. The van der Waals surface area contributed by atoms with Gasteiger partial charge in [-0.15, -0.1) is 0 Å². The Kier molecular flexibility index (Phi) is 9.75. The van der Waals surface area contributed by atoms with Crippen LogP contribution in [0, 0.1) is 46.3 Å². The van der Waals surface area contributed by atoms with E-state index in [1.165, 1.54) is 57.8 Å². The fourth-order valence-electron chi connectivity index (χ4n) is 8.92. The molecule has 3 saturated carbocycles. The molecule has 4 aliphatic rings. The average molecular weight is 517 g/mol. The van der Waals surface area contributed by atoms with Crippen LogP contribution in [0.4, 0.5) is 0 Å². The number of rotatable bonds is 8. The SMILES string of the molecule is C=C(CC(=O)O)C(=O)O.CC(C)CCCC(C)[C@H]1CC[C@H]2[C@@H]3CC=C4C[C@@H](O)CC[C@]4(C)[C@H]3CC[C@]12C. The summed E-state index contributed by atoms with van der Waals surface area (Å²) in [6.45, 7) is 15.6. The van der Waals surface area contributed by atoms with Crippen molar-refractivity contribution in [2.45, 2.75) is 118 Å². The van der Waals surface area contributed by atoms with Crippen molar-refractivity contribution in [2.24, 2.45) is 46.3 Å². The Morgan fingerprint density at radius 2 is 1.73 bits per heavy atom. The highest BCUT2D eigenvalue weighted by Gasteiger charge is 2.59. The molecule has 0 amide bonds. The summed E-state index contributed by atoms with van der Waals surface area (Å²) in [7, 11) is 0. The molecule has 3 N–H and O–H groups in total. The first-order valence-electron chi connectivity index (χ1n) is 14.8. The second-order valence-electron chi connectivity index (χ2n) is 13.7. The number of carboxylic acids is 2. The molecule has 0 aromatic carbocycles. The van der Waals surface area contributed by atoms with Crippen molar-refractivity contribution in [2.75, 3.05) is 0 Å². The van der Waals surface area contributed by atoms with Crippen molar-refractivity contribution in [3.8, 4) is 0 Å². The molecule has 3 fully saturated rings. The quantitative estimate of drug-likeness (QED) is 0.229. The largest absolute Gasteiger partial charge is 0.481 e. The van der Waals surface area contributed by atoms with E-state index in [4.69, 9.17) is 10.2 Å². The van der Waals surface area contributed by atoms with Crippen LogP contribution in [0.25, 0.3) is 0 Å². The van der Waals surface area contributed by atoms with Gasteiger partial charge in [0, 0.05) is 5.57 Å². The van der Waals surface area contributed by atoms with Gasteiger partial charge in [0.15, 0.2) is 0 Å². The molecule has 0 aromatic heterocycles. The number of aliphatic carboxylic acids is 2. The Labute approximate surface area is 224 Å². The Morgan fingerprint density at radius 3 is 2.32 bits per heavy atom. The summed E-state index contributed by atoms with van der Waals surface area (Å²) in [6.07, 6.45) is 16.7. The van der Waals surface area contributed by atoms with Crippen LogP contribution < -0.4 is 0 Å². The van der Waals surface area contributed by atoms with Gasteiger partial charge >= 0.3 is 11.9 Å². The number of hydrogen-bond acceptors (Lipinski definition) is 3. The normalized spacial score (nSPS) is 37.3. The lowest BCUT2D eigenvalue weighted by atomic mass is 9.47. The summed E-state index contributed by atoms with van der Waals surface area (Å²) in [5.74, 6) is 3.01.